The fourth-order valence-electron chi connectivity index (χ4n) is 1.54. The molecule has 0 spiro atoms. The van der Waals surface area contributed by atoms with Crippen molar-refractivity contribution in [2.24, 2.45) is 0 Å². The normalized spacial score (nSPS) is 10.3. The zero-order valence-electron chi connectivity index (χ0n) is 9.37. The van der Waals surface area contributed by atoms with Crippen LogP contribution in [0.4, 0.5) is 10.1 Å². The lowest BCUT2D eigenvalue weighted by molar-refractivity contribution is 0.628. The van der Waals surface area contributed by atoms with Gasteiger partial charge in [-0.2, -0.15) is 0 Å². The lowest BCUT2D eigenvalue weighted by atomic mass is 10.2. The van der Waals surface area contributed by atoms with Gasteiger partial charge in [-0.15, -0.1) is 0 Å². The van der Waals surface area contributed by atoms with Gasteiger partial charge in [0.1, 0.15) is 5.82 Å². The van der Waals surface area contributed by atoms with Gasteiger partial charge in [-0.3, -0.25) is 4.98 Å². The molecule has 2 rings (SSSR count). The molecule has 0 aliphatic heterocycles. The number of halogens is 2. The van der Waals surface area contributed by atoms with E-state index in [0.717, 1.165) is 16.8 Å². The van der Waals surface area contributed by atoms with Crippen LogP contribution in [0.15, 0.2) is 36.7 Å². The summed E-state index contributed by atoms with van der Waals surface area (Å²) in [6, 6.07) is 6.33. The van der Waals surface area contributed by atoms with Crippen LogP contribution >= 0.6 is 11.6 Å². The minimum atomic E-state index is -0.335. The van der Waals surface area contributed by atoms with Crippen LogP contribution in [0, 0.1) is 12.7 Å². The second-order valence-electron chi connectivity index (χ2n) is 3.85. The highest BCUT2D eigenvalue weighted by Gasteiger charge is 2.01. The number of benzene rings is 1. The highest BCUT2D eigenvalue weighted by Crippen LogP contribution is 2.22. The van der Waals surface area contributed by atoms with E-state index in [1.165, 1.54) is 12.1 Å². The van der Waals surface area contributed by atoms with Crippen LogP contribution in [0.5, 0.6) is 0 Å². The first-order valence-electron chi connectivity index (χ1n) is 5.24. The number of nitrogens with zero attached hydrogens (tertiary/aromatic N) is 1. The molecule has 4 heteroatoms. The Bertz CT molecular complexity index is 529. The van der Waals surface area contributed by atoms with E-state index in [1.54, 1.807) is 18.5 Å². The summed E-state index contributed by atoms with van der Waals surface area (Å²) in [4.78, 5) is 4.10. The molecular weight excluding hydrogens is 239 g/mol. The topological polar surface area (TPSA) is 24.9 Å². The van der Waals surface area contributed by atoms with Gasteiger partial charge in [-0.25, -0.2) is 4.39 Å². The van der Waals surface area contributed by atoms with Crippen molar-refractivity contribution in [3.8, 4) is 0 Å². The maximum Gasteiger partial charge on any atom is 0.124 e. The van der Waals surface area contributed by atoms with E-state index in [2.05, 4.69) is 10.3 Å². The van der Waals surface area contributed by atoms with Gasteiger partial charge in [0.05, 0.1) is 10.7 Å². The molecule has 0 fully saturated rings. The van der Waals surface area contributed by atoms with E-state index in [-0.39, 0.29) is 5.82 Å². The molecule has 1 aromatic heterocycles. The molecule has 2 aromatic rings. The molecule has 88 valence electrons. The second kappa shape index (κ2) is 5.15. The summed E-state index contributed by atoms with van der Waals surface area (Å²) >= 11 is 5.91. The molecule has 0 saturated carbocycles. The van der Waals surface area contributed by atoms with E-state index in [0.29, 0.717) is 11.6 Å². The summed E-state index contributed by atoms with van der Waals surface area (Å²) in [6.07, 6.45) is 3.59. The van der Waals surface area contributed by atoms with Crippen molar-refractivity contribution in [3.05, 3.63) is 58.6 Å². The molecule has 0 radical (unpaired) electrons. The molecule has 1 heterocycles. The summed E-state index contributed by atoms with van der Waals surface area (Å²) in [5.74, 6) is -0.335. The van der Waals surface area contributed by atoms with Crippen molar-refractivity contribution in [1.82, 2.24) is 4.98 Å². The van der Waals surface area contributed by atoms with Crippen LogP contribution in [-0.4, -0.2) is 4.98 Å². The van der Waals surface area contributed by atoms with Gasteiger partial charge in [-0.05, 0) is 36.2 Å². The largest absolute Gasteiger partial charge is 0.380 e. The molecule has 0 saturated heterocycles. The quantitative estimate of drug-likeness (QED) is 0.896. The maximum absolute atomic E-state index is 12.8. The van der Waals surface area contributed by atoms with Crippen LogP contribution in [0.1, 0.15) is 11.1 Å². The average molecular weight is 251 g/mol. The zero-order valence-corrected chi connectivity index (χ0v) is 10.1. The Kier molecular flexibility index (Phi) is 3.59. The number of nitrogens with one attached hydrogen (secondary N) is 1. The summed E-state index contributed by atoms with van der Waals surface area (Å²) in [5.41, 5.74) is 2.88. The first-order chi connectivity index (χ1) is 8.15. The Balaban J connectivity index is 2.07. The third-order valence-electron chi connectivity index (χ3n) is 2.35. The molecule has 0 atom stereocenters. The Morgan fingerprint density at radius 1 is 1.29 bits per heavy atom. The van der Waals surface area contributed by atoms with Gasteiger partial charge in [0.25, 0.3) is 0 Å². The van der Waals surface area contributed by atoms with Crippen molar-refractivity contribution in [3.63, 3.8) is 0 Å². The summed E-state index contributed by atoms with van der Waals surface area (Å²) in [6.45, 7) is 2.60. The molecule has 0 aliphatic rings. The number of aromatic nitrogens is 1. The standard InChI is InChI=1S/C13H12ClFN2/c1-9-4-10(7-16-6-9)8-17-13-3-2-11(15)5-12(13)14/h2-7,17H,8H2,1H3. The fraction of sp³-hybridized carbons (Fsp3) is 0.154. The molecule has 0 unspecified atom stereocenters. The van der Waals surface area contributed by atoms with Gasteiger partial charge < -0.3 is 5.32 Å². The predicted molar refractivity (Wildman–Crippen MR) is 67.7 cm³/mol. The predicted octanol–water partition coefficient (Wildman–Crippen LogP) is 3.79. The minimum Gasteiger partial charge on any atom is -0.380 e. The monoisotopic (exact) mass is 250 g/mol. The lowest BCUT2D eigenvalue weighted by Gasteiger charge is -2.08. The Morgan fingerprint density at radius 3 is 2.82 bits per heavy atom. The van der Waals surface area contributed by atoms with E-state index in [1.807, 2.05) is 13.0 Å². The molecule has 0 bridgehead atoms. The third kappa shape index (κ3) is 3.17. The molecular formula is C13H12ClFN2. The van der Waals surface area contributed by atoms with Crippen molar-refractivity contribution in [2.75, 3.05) is 5.32 Å². The van der Waals surface area contributed by atoms with Crippen molar-refractivity contribution < 1.29 is 4.39 Å². The molecule has 2 nitrogen and oxygen atoms in total. The minimum absolute atomic E-state index is 0.335. The van der Waals surface area contributed by atoms with Gasteiger partial charge in [-0.1, -0.05) is 17.7 Å². The Labute approximate surface area is 104 Å². The van der Waals surface area contributed by atoms with Crippen LogP contribution < -0.4 is 5.32 Å². The molecule has 0 aliphatic carbocycles. The lowest BCUT2D eigenvalue weighted by Crippen LogP contribution is -2.00. The average Bonchev–Trinajstić information content (AvgIpc) is 2.28. The zero-order chi connectivity index (χ0) is 12.3. The maximum atomic E-state index is 12.8. The number of aryl methyl sites for hydroxylation is 1. The van der Waals surface area contributed by atoms with E-state index < -0.39 is 0 Å². The molecule has 1 aromatic carbocycles. The van der Waals surface area contributed by atoms with Crippen molar-refractivity contribution >= 4 is 17.3 Å². The van der Waals surface area contributed by atoms with E-state index in [4.69, 9.17) is 11.6 Å². The number of anilines is 1. The van der Waals surface area contributed by atoms with E-state index in [9.17, 15) is 4.39 Å². The first-order valence-corrected chi connectivity index (χ1v) is 5.62. The number of hydrogen-bond donors (Lipinski definition) is 1. The summed E-state index contributed by atoms with van der Waals surface area (Å²) in [5, 5.41) is 3.53. The molecule has 17 heavy (non-hydrogen) atoms. The second-order valence-corrected chi connectivity index (χ2v) is 4.26. The van der Waals surface area contributed by atoms with Gasteiger partial charge >= 0.3 is 0 Å². The van der Waals surface area contributed by atoms with Crippen molar-refractivity contribution in [1.29, 1.82) is 0 Å². The van der Waals surface area contributed by atoms with Gasteiger partial charge in [0.2, 0.25) is 0 Å². The Morgan fingerprint density at radius 2 is 2.12 bits per heavy atom. The highest BCUT2D eigenvalue weighted by atomic mass is 35.5. The SMILES string of the molecule is Cc1cncc(CNc2ccc(F)cc2Cl)c1. The van der Waals surface area contributed by atoms with Crippen LogP contribution in [0.25, 0.3) is 0 Å². The van der Waals surface area contributed by atoms with Crippen LogP contribution in [0.2, 0.25) is 5.02 Å². The Hall–Kier alpha value is -1.61. The third-order valence-corrected chi connectivity index (χ3v) is 2.66. The number of hydrogen-bond acceptors (Lipinski definition) is 2. The molecule has 0 amide bonds. The molecule has 1 N–H and O–H groups in total. The summed E-state index contributed by atoms with van der Waals surface area (Å²) in [7, 11) is 0. The number of pyridine rings is 1. The van der Waals surface area contributed by atoms with E-state index >= 15 is 0 Å². The van der Waals surface area contributed by atoms with Crippen LogP contribution in [0.3, 0.4) is 0 Å². The van der Waals surface area contributed by atoms with Crippen molar-refractivity contribution in [2.45, 2.75) is 13.5 Å². The fourth-order valence-corrected chi connectivity index (χ4v) is 1.78. The smallest absolute Gasteiger partial charge is 0.124 e. The summed E-state index contributed by atoms with van der Waals surface area (Å²) < 4.78 is 12.8. The highest BCUT2D eigenvalue weighted by molar-refractivity contribution is 6.33. The first kappa shape index (κ1) is 11.9. The number of rotatable bonds is 3. The van der Waals surface area contributed by atoms with Crippen LogP contribution in [-0.2, 0) is 6.54 Å². The van der Waals surface area contributed by atoms with Gasteiger partial charge in [0.15, 0.2) is 0 Å². The van der Waals surface area contributed by atoms with Gasteiger partial charge in [0, 0.05) is 18.9 Å².